The highest BCUT2D eigenvalue weighted by Crippen LogP contribution is 2.45. The van der Waals surface area contributed by atoms with E-state index in [-0.39, 0.29) is 26.4 Å². The van der Waals surface area contributed by atoms with Crippen LogP contribution in [0.1, 0.15) is 33.4 Å². The van der Waals surface area contributed by atoms with E-state index in [1.807, 2.05) is 146 Å². The molecule has 6 nitrogen and oxygen atoms in total. The summed E-state index contributed by atoms with van der Waals surface area (Å²) in [6.07, 6.45) is -3.71. The normalized spacial score (nSPS) is 14.0. The van der Waals surface area contributed by atoms with Crippen molar-refractivity contribution in [3.8, 4) is 0 Å². The quantitative estimate of drug-likeness (QED) is 0.0520. The van der Waals surface area contributed by atoms with Gasteiger partial charge in [-0.3, -0.25) is 0 Å². The number of rotatable bonds is 19. The van der Waals surface area contributed by atoms with E-state index in [2.05, 4.69) is 36.4 Å². The van der Waals surface area contributed by atoms with Crippen LogP contribution in [0.2, 0.25) is 0 Å². The maximum atomic E-state index is 13.5. The second kappa shape index (κ2) is 19.1. The van der Waals surface area contributed by atoms with Gasteiger partial charge in [-0.1, -0.05) is 182 Å². The molecule has 0 saturated heterocycles. The van der Waals surface area contributed by atoms with E-state index >= 15 is 0 Å². The molecule has 0 aliphatic rings. The Balaban J connectivity index is 1.52. The van der Waals surface area contributed by atoms with Crippen LogP contribution in [0.5, 0.6) is 0 Å². The van der Waals surface area contributed by atoms with Crippen LogP contribution >= 0.6 is 0 Å². The van der Waals surface area contributed by atoms with Crippen LogP contribution < -0.4 is 0 Å². The Morgan fingerprint density at radius 1 is 0.442 bits per heavy atom. The lowest BCUT2D eigenvalue weighted by molar-refractivity contribution is -0.301. The number of hydrogen-bond acceptors (Lipinski definition) is 6. The number of aliphatic hydroxyl groups is 1. The Kier molecular flexibility index (Phi) is 13.5. The standard InChI is InChI=1S/C46H46O6/c1-48-52-35-42(49-32-36-20-8-2-9-21-36)43(50-33-37-22-10-3-11-23-37)44(51-34-38-24-12-4-13-25-38)45(47)46(39-26-14-5-15-27-39,40-28-16-6-17-29-40)41-30-18-7-19-31-41/h2-31,42-45,47H,32-35H2,1H3/t42-,43-,44-,45?/m1/s1. The molecule has 1 N–H and O–H groups in total. The van der Waals surface area contributed by atoms with Gasteiger partial charge in [-0.2, -0.15) is 0 Å². The fraction of sp³-hybridized carbons (Fsp3) is 0.217. The average molecular weight is 695 g/mol. The predicted octanol–water partition coefficient (Wildman–Crippen LogP) is 8.72. The molecule has 0 heterocycles. The molecule has 4 atom stereocenters. The van der Waals surface area contributed by atoms with Gasteiger partial charge in [-0.05, 0) is 33.4 Å². The second-order valence-electron chi connectivity index (χ2n) is 12.7. The molecule has 0 fully saturated rings. The lowest BCUT2D eigenvalue weighted by Crippen LogP contribution is -2.57. The summed E-state index contributed by atoms with van der Waals surface area (Å²) in [6.45, 7) is 0.775. The summed E-state index contributed by atoms with van der Waals surface area (Å²) in [4.78, 5) is 10.8. The molecule has 0 saturated carbocycles. The highest BCUT2D eigenvalue weighted by molar-refractivity contribution is 5.52. The summed E-state index contributed by atoms with van der Waals surface area (Å²) in [7, 11) is 1.47. The molecule has 0 amide bonds. The molecule has 0 spiro atoms. The first kappa shape index (κ1) is 36.9. The van der Waals surface area contributed by atoms with E-state index in [4.69, 9.17) is 24.0 Å². The SMILES string of the molecule is COOC[C@@H](OCc1ccccc1)[C@@H](OCc1ccccc1)[C@@H](OCc1ccccc1)C(O)C(c1ccccc1)(c1ccccc1)c1ccccc1. The largest absolute Gasteiger partial charge is 0.389 e. The van der Waals surface area contributed by atoms with Crippen LogP contribution in [0.25, 0.3) is 0 Å². The number of benzene rings is 6. The highest BCUT2D eigenvalue weighted by atomic mass is 17.2. The molecule has 52 heavy (non-hydrogen) atoms. The summed E-state index contributed by atoms with van der Waals surface area (Å²) in [5, 5.41) is 13.5. The Labute approximate surface area is 307 Å². The zero-order valence-corrected chi connectivity index (χ0v) is 29.4. The van der Waals surface area contributed by atoms with Crippen LogP contribution in [0.15, 0.2) is 182 Å². The minimum atomic E-state index is -1.20. The Morgan fingerprint density at radius 2 is 0.769 bits per heavy atom. The molecule has 266 valence electrons. The zero-order valence-electron chi connectivity index (χ0n) is 29.4. The zero-order chi connectivity index (χ0) is 35.9. The summed E-state index contributed by atoms with van der Waals surface area (Å²) in [5.41, 5.74) is 4.55. The van der Waals surface area contributed by atoms with Crippen molar-refractivity contribution in [1.82, 2.24) is 0 Å². The third kappa shape index (κ3) is 9.11. The molecule has 0 radical (unpaired) electrons. The van der Waals surface area contributed by atoms with Crippen LogP contribution in [-0.4, -0.2) is 43.2 Å². The van der Waals surface area contributed by atoms with Crippen molar-refractivity contribution in [3.05, 3.63) is 215 Å². The second-order valence-corrected chi connectivity index (χ2v) is 12.7. The average Bonchev–Trinajstić information content (AvgIpc) is 3.22. The van der Waals surface area contributed by atoms with Gasteiger partial charge in [0.25, 0.3) is 0 Å². The maximum Gasteiger partial charge on any atom is 0.115 e. The van der Waals surface area contributed by atoms with E-state index in [1.165, 1.54) is 7.11 Å². The van der Waals surface area contributed by atoms with Crippen molar-refractivity contribution in [2.24, 2.45) is 0 Å². The molecule has 0 aliphatic carbocycles. The van der Waals surface area contributed by atoms with E-state index < -0.39 is 29.8 Å². The summed E-state index contributed by atoms with van der Waals surface area (Å²) in [5.74, 6) is 0. The van der Waals surface area contributed by atoms with Gasteiger partial charge in [-0.15, -0.1) is 0 Å². The molecular formula is C46H46O6. The Morgan fingerprint density at radius 3 is 1.13 bits per heavy atom. The molecule has 6 aromatic carbocycles. The van der Waals surface area contributed by atoms with Crippen LogP contribution in [0.3, 0.4) is 0 Å². The minimum Gasteiger partial charge on any atom is -0.389 e. The number of ether oxygens (including phenoxy) is 3. The molecular weight excluding hydrogens is 649 g/mol. The van der Waals surface area contributed by atoms with Crippen molar-refractivity contribution in [1.29, 1.82) is 0 Å². The van der Waals surface area contributed by atoms with Crippen molar-refractivity contribution >= 4 is 0 Å². The van der Waals surface area contributed by atoms with Gasteiger partial charge in [0.05, 0.1) is 32.3 Å². The fourth-order valence-electron chi connectivity index (χ4n) is 6.82. The van der Waals surface area contributed by atoms with Crippen molar-refractivity contribution in [3.63, 3.8) is 0 Å². The van der Waals surface area contributed by atoms with E-state index in [1.54, 1.807) is 0 Å². The van der Waals surface area contributed by atoms with Crippen LogP contribution in [0.4, 0.5) is 0 Å². The van der Waals surface area contributed by atoms with E-state index in [9.17, 15) is 5.11 Å². The number of hydrogen-bond donors (Lipinski definition) is 1. The molecule has 1 unspecified atom stereocenters. The first-order valence-electron chi connectivity index (χ1n) is 17.7. The van der Waals surface area contributed by atoms with Crippen molar-refractivity contribution in [2.75, 3.05) is 13.7 Å². The third-order valence-corrected chi connectivity index (χ3v) is 9.36. The molecule has 0 aliphatic heterocycles. The Hall–Kier alpha value is -4.92. The van der Waals surface area contributed by atoms with E-state index in [0.717, 1.165) is 33.4 Å². The van der Waals surface area contributed by atoms with E-state index in [0.29, 0.717) is 0 Å². The van der Waals surface area contributed by atoms with Crippen LogP contribution in [-0.2, 0) is 49.2 Å². The lowest BCUT2D eigenvalue weighted by Gasteiger charge is -2.46. The fourth-order valence-corrected chi connectivity index (χ4v) is 6.82. The molecule has 0 aromatic heterocycles. The maximum absolute atomic E-state index is 13.5. The Bertz CT molecular complexity index is 1740. The van der Waals surface area contributed by atoms with Gasteiger partial charge in [-0.25, -0.2) is 9.78 Å². The van der Waals surface area contributed by atoms with Crippen molar-refractivity contribution < 1.29 is 29.1 Å². The summed E-state index contributed by atoms with van der Waals surface area (Å²) >= 11 is 0. The third-order valence-electron chi connectivity index (χ3n) is 9.36. The summed E-state index contributed by atoms with van der Waals surface area (Å²) in [6, 6.07) is 60.3. The lowest BCUT2D eigenvalue weighted by atomic mass is 9.63. The first-order chi connectivity index (χ1) is 25.7. The van der Waals surface area contributed by atoms with Gasteiger partial charge >= 0.3 is 0 Å². The van der Waals surface area contributed by atoms with Gasteiger partial charge < -0.3 is 19.3 Å². The van der Waals surface area contributed by atoms with Gasteiger partial charge in [0.15, 0.2) is 0 Å². The smallest absolute Gasteiger partial charge is 0.115 e. The number of aliphatic hydroxyl groups excluding tert-OH is 1. The molecule has 6 heteroatoms. The summed E-state index contributed by atoms with van der Waals surface area (Å²) < 4.78 is 20.6. The molecule has 0 bridgehead atoms. The van der Waals surface area contributed by atoms with Gasteiger partial charge in [0, 0.05) is 0 Å². The monoisotopic (exact) mass is 694 g/mol. The molecule has 6 rings (SSSR count). The topological polar surface area (TPSA) is 66.4 Å². The van der Waals surface area contributed by atoms with Gasteiger partial charge in [0.1, 0.15) is 31.0 Å². The molecule has 6 aromatic rings. The predicted molar refractivity (Wildman–Crippen MR) is 203 cm³/mol. The highest BCUT2D eigenvalue weighted by Gasteiger charge is 2.51. The van der Waals surface area contributed by atoms with Gasteiger partial charge in [0.2, 0.25) is 0 Å². The van der Waals surface area contributed by atoms with Crippen LogP contribution in [0, 0.1) is 0 Å². The first-order valence-corrected chi connectivity index (χ1v) is 17.7. The van der Waals surface area contributed by atoms with Crippen molar-refractivity contribution in [2.45, 2.75) is 49.7 Å². The minimum absolute atomic E-state index is 0.0235.